The number of anilines is 1. The number of carbonyl (C=O) groups excluding carboxylic acids is 2. The van der Waals surface area contributed by atoms with Crippen LogP contribution in [0.4, 0.5) is 10.5 Å². The van der Waals surface area contributed by atoms with Gasteiger partial charge in [0.1, 0.15) is 0 Å². The summed E-state index contributed by atoms with van der Waals surface area (Å²) < 4.78 is 4.88. The third kappa shape index (κ3) is 5.09. The number of nitrogens with zero attached hydrogens (tertiary/aromatic N) is 1. The van der Waals surface area contributed by atoms with Gasteiger partial charge in [-0.1, -0.05) is 18.2 Å². The highest BCUT2D eigenvalue weighted by atomic mass is 16.5. The van der Waals surface area contributed by atoms with E-state index in [0.717, 1.165) is 0 Å². The quantitative estimate of drug-likeness (QED) is 0.492. The highest BCUT2D eigenvalue weighted by Gasteiger charge is 2.17. The molecule has 0 aliphatic carbocycles. The van der Waals surface area contributed by atoms with Gasteiger partial charge in [-0.05, 0) is 32.9 Å². The average Bonchev–Trinajstić information content (AvgIpc) is 2.45. The lowest BCUT2D eigenvalue weighted by Gasteiger charge is -2.10. The van der Waals surface area contributed by atoms with Crippen LogP contribution in [0.3, 0.4) is 0 Å². The molecule has 108 valence electrons. The van der Waals surface area contributed by atoms with Crippen molar-refractivity contribution in [3.05, 3.63) is 30.3 Å². The molecule has 2 N–H and O–H groups in total. The van der Waals surface area contributed by atoms with E-state index in [1.807, 2.05) is 18.2 Å². The van der Waals surface area contributed by atoms with Crippen LogP contribution in [0.1, 0.15) is 20.8 Å². The molecule has 0 saturated heterocycles. The minimum Gasteiger partial charge on any atom is -0.465 e. The van der Waals surface area contributed by atoms with Gasteiger partial charge in [0.15, 0.2) is 0 Å². The normalized spacial score (nSPS) is 12.4. The lowest BCUT2D eigenvalue weighted by atomic mass is 10.1. The fourth-order valence-electron chi connectivity index (χ4n) is 1.35. The molecule has 20 heavy (non-hydrogen) atoms. The van der Waals surface area contributed by atoms with Gasteiger partial charge in [0, 0.05) is 11.4 Å². The molecule has 0 heterocycles. The van der Waals surface area contributed by atoms with Crippen LogP contribution >= 0.6 is 0 Å². The fraction of sp³-hybridized carbons (Fsp3) is 0.357. The van der Waals surface area contributed by atoms with Crippen molar-refractivity contribution in [2.45, 2.75) is 20.8 Å². The number of hydrazone groups is 1. The third-order valence-electron chi connectivity index (χ3n) is 2.63. The Morgan fingerprint density at radius 2 is 1.95 bits per heavy atom. The molecule has 2 amide bonds. The summed E-state index contributed by atoms with van der Waals surface area (Å²) in [6.45, 7) is 5.39. The van der Waals surface area contributed by atoms with Crippen LogP contribution in [-0.4, -0.2) is 24.3 Å². The van der Waals surface area contributed by atoms with Gasteiger partial charge in [-0.3, -0.25) is 4.79 Å². The molecule has 0 bridgehead atoms. The number of para-hydroxylation sites is 1. The Hall–Kier alpha value is -2.37. The highest BCUT2D eigenvalue weighted by molar-refractivity contribution is 6.01. The van der Waals surface area contributed by atoms with Gasteiger partial charge in [0.25, 0.3) is 0 Å². The van der Waals surface area contributed by atoms with Crippen molar-refractivity contribution in [2.24, 2.45) is 11.0 Å². The van der Waals surface area contributed by atoms with Crippen LogP contribution < -0.4 is 10.7 Å². The van der Waals surface area contributed by atoms with Gasteiger partial charge in [-0.2, -0.15) is 5.10 Å². The maximum atomic E-state index is 11.6. The van der Waals surface area contributed by atoms with Crippen molar-refractivity contribution < 1.29 is 14.3 Å². The molecule has 1 rings (SSSR count). The number of ether oxygens (including phenoxy) is 1. The Bertz CT molecular complexity index is 486. The molecule has 0 unspecified atom stereocenters. The predicted molar refractivity (Wildman–Crippen MR) is 77.5 cm³/mol. The second-order valence-electron chi connectivity index (χ2n) is 4.16. The Kier molecular flexibility index (Phi) is 6.22. The van der Waals surface area contributed by atoms with Crippen LogP contribution in [0.2, 0.25) is 0 Å². The second kappa shape index (κ2) is 7.93. The first-order chi connectivity index (χ1) is 9.54. The molecule has 0 spiro atoms. The number of nitrogens with one attached hydrogen (secondary N) is 2. The van der Waals surface area contributed by atoms with Crippen molar-refractivity contribution in [1.82, 2.24) is 5.43 Å². The van der Waals surface area contributed by atoms with E-state index in [0.29, 0.717) is 18.0 Å². The van der Waals surface area contributed by atoms with E-state index >= 15 is 0 Å². The summed E-state index contributed by atoms with van der Waals surface area (Å²) in [5, 5.41) is 6.49. The lowest BCUT2D eigenvalue weighted by molar-refractivity contribution is -0.145. The standard InChI is InChI=1S/C14H19N3O3/c1-4-20-13(18)10(2)11(3)16-17-14(19)15-12-8-6-5-7-9-12/h5-10H,4H2,1-3H3,(H2,15,17,19)/b16-11-/t10-/m0/s1. The Labute approximate surface area is 118 Å². The van der Waals surface area contributed by atoms with Crippen LogP contribution in [0.5, 0.6) is 0 Å². The molecule has 6 nitrogen and oxygen atoms in total. The number of hydrogen-bond acceptors (Lipinski definition) is 4. The molecule has 0 radical (unpaired) electrons. The Morgan fingerprint density at radius 3 is 2.55 bits per heavy atom. The lowest BCUT2D eigenvalue weighted by Crippen LogP contribution is -2.28. The zero-order chi connectivity index (χ0) is 15.0. The van der Waals surface area contributed by atoms with E-state index < -0.39 is 11.9 Å². The Balaban J connectivity index is 2.50. The molecular weight excluding hydrogens is 258 g/mol. The molecule has 1 aromatic carbocycles. The number of rotatable bonds is 5. The summed E-state index contributed by atoms with van der Waals surface area (Å²) >= 11 is 0. The SMILES string of the molecule is CCOC(=O)[C@@H](C)/C(C)=N\NC(=O)Nc1ccccc1. The molecule has 0 aromatic heterocycles. The van der Waals surface area contributed by atoms with E-state index in [-0.39, 0.29) is 5.97 Å². The van der Waals surface area contributed by atoms with Crippen molar-refractivity contribution in [2.75, 3.05) is 11.9 Å². The van der Waals surface area contributed by atoms with Crippen LogP contribution in [-0.2, 0) is 9.53 Å². The summed E-state index contributed by atoms with van der Waals surface area (Å²) in [5.41, 5.74) is 3.48. The first kappa shape index (κ1) is 15.7. The fourth-order valence-corrected chi connectivity index (χ4v) is 1.35. The van der Waals surface area contributed by atoms with E-state index in [4.69, 9.17) is 4.74 Å². The van der Waals surface area contributed by atoms with Gasteiger partial charge >= 0.3 is 12.0 Å². The summed E-state index contributed by atoms with van der Waals surface area (Å²) in [6.07, 6.45) is 0. The zero-order valence-electron chi connectivity index (χ0n) is 11.8. The zero-order valence-corrected chi connectivity index (χ0v) is 11.8. The van der Waals surface area contributed by atoms with Gasteiger partial charge in [-0.25, -0.2) is 10.2 Å². The average molecular weight is 277 g/mol. The van der Waals surface area contributed by atoms with Crippen molar-refractivity contribution in [3.63, 3.8) is 0 Å². The minimum atomic E-state index is -0.494. The number of esters is 1. The number of amides is 2. The van der Waals surface area contributed by atoms with E-state index in [2.05, 4.69) is 15.8 Å². The molecule has 6 heteroatoms. The largest absolute Gasteiger partial charge is 0.465 e. The van der Waals surface area contributed by atoms with E-state index in [1.165, 1.54) is 0 Å². The van der Waals surface area contributed by atoms with Crippen molar-refractivity contribution in [1.29, 1.82) is 0 Å². The Morgan fingerprint density at radius 1 is 1.30 bits per heavy atom. The van der Waals surface area contributed by atoms with E-state index in [9.17, 15) is 9.59 Å². The number of carbonyl (C=O) groups is 2. The summed E-state index contributed by atoms with van der Waals surface area (Å²) in [7, 11) is 0. The van der Waals surface area contributed by atoms with Crippen LogP contribution in [0.15, 0.2) is 35.4 Å². The van der Waals surface area contributed by atoms with Crippen LogP contribution in [0, 0.1) is 5.92 Å². The highest BCUT2D eigenvalue weighted by Crippen LogP contribution is 2.05. The molecule has 0 fully saturated rings. The van der Waals surface area contributed by atoms with Crippen LogP contribution in [0.25, 0.3) is 0 Å². The first-order valence-corrected chi connectivity index (χ1v) is 6.37. The first-order valence-electron chi connectivity index (χ1n) is 6.37. The molecule has 1 aromatic rings. The monoisotopic (exact) mass is 277 g/mol. The topological polar surface area (TPSA) is 79.8 Å². The minimum absolute atomic E-state index is 0.318. The van der Waals surface area contributed by atoms with Gasteiger partial charge in [0.2, 0.25) is 0 Å². The van der Waals surface area contributed by atoms with Gasteiger partial charge in [0.05, 0.1) is 12.5 Å². The summed E-state index contributed by atoms with van der Waals surface area (Å²) in [6, 6.07) is 8.53. The van der Waals surface area contributed by atoms with E-state index in [1.54, 1.807) is 32.9 Å². The third-order valence-corrected chi connectivity index (χ3v) is 2.63. The summed E-state index contributed by atoms with van der Waals surface area (Å²) in [4.78, 5) is 23.1. The smallest absolute Gasteiger partial charge is 0.339 e. The molecule has 0 saturated carbocycles. The molecule has 1 atom stereocenters. The number of benzene rings is 1. The summed E-state index contributed by atoms with van der Waals surface area (Å²) in [5.74, 6) is -0.856. The van der Waals surface area contributed by atoms with Gasteiger partial charge in [-0.15, -0.1) is 0 Å². The maximum absolute atomic E-state index is 11.6. The number of hydrogen-bond donors (Lipinski definition) is 2. The van der Waals surface area contributed by atoms with Crippen molar-refractivity contribution >= 4 is 23.4 Å². The molecular formula is C14H19N3O3. The maximum Gasteiger partial charge on any atom is 0.339 e. The van der Waals surface area contributed by atoms with Crippen molar-refractivity contribution in [3.8, 4) is 0 Å². The predicted octanol–water partition coefficient (Wildman–Crippen LogP) is 2.38. The molecule has 0 aliphatic rings. The van der Waals surface area contributed by atoms with Gasteiger partial charge < -0.3 is 10.1 Å². The molecule has 0 aliphatic heterocycles. The number of urea groups is 1. The second-order valence-corrected chi connectivity index (χ2v) is 4.16.